The highest BCUT2D eigenvalue weighted by atomic mass is 19.1. The van der Waals surface area contributed by atoms with Gasteiger partial charge in [0, 0.05) is 31.6 Å². The Labute approximate surface area is 88.7 Å². The fourth-order valence-corrected chi connectivity index (χ4v) is 1.91. The molecule has 80 valence electrons. The van der Waals surface area contributed by atoms with Crippen LogP contribution in [-0.2, 0) is 4.79 Å². The van der Waals surface area contributed by atoms with Crippen LogP contribution in [0.1, 0.15) is 18.4 Å². The number of carbonyl (C=O) groups excluding carboxylic acids is 1. The predicted octanol–water partition coefficient (Wildman–Crippen LogP) is 2.30. The Morgan fingerprint density at radius 1 is 1.20 bits per heavy atom. The number of hydrogen-bond donors (Lipinski definition) is 0. The van der Waals surface area contributed by atoms with E-state index in [4.69, 9.17) is 0 Å². The zero-order chi connectivity index (χ0) is 10.8. The van der Waals surface area contributed by atoms with E-state index in [0.717, 1.165) is 11.3 Å². The molecule has 0 spiro atoms. The number of hydrogen-bond acceptors (Lipinski definition) is 2. The molecule has 15 heavy (non-hydrogen) atoms. The molecule has 3 heteroatoms. The number of aryl methyl sites for hydroxylation is 1. The molecule has 0 bridgehead atoms. The van der Waals surface area contributed by atoms with E-state index in [9.17, 15) is 9.18 Å². The molecule has 1 aromatic rings. The van der Waals surface area contributed by atoms with Crippen LogP contribution in [0.4, 0.5) is 10.1 Å². The van der Waals surface area contributed by atoms with E-state index in [1.54, 1.807) is 0 Å². The number of halogens is 1. The Bertz CT molecular complexity index is 359. The highest BCUT2D eigenvalue weighted by Crippen LogP contribution is 2.21. The topological polar surface area (TPSA) is 20.3 Å². The summed E-state index contributed by atoms with van der Waals surface area (Å²) in [6, 6.07) is 5.00. The normalized spacial score (nSPS) is 16.9. The average Bonchev–Trinajstić information content (AvgIpc) is 2.17. The predicted molar refractivity (Wildman–Crippen MR) is 57.6 cm³/mol. The Kier molecular flexibility index (Phi) is 2.71. The first-order valence-electron chi connectivity index (χ1n) is 5.19. The van der Waals surface area contributed by atoms with E-state index in [1.807, 2.05) is 13.0 Å². The van der Waals surface area contributed by atoms with Gasteiger partial charge in [-0.3, -0.25) is 4.79 Å². The minimum absolute atomic E-state index is 0.207. The third-order valence-electron chi connectivity index (χ3n) is 2.71. The summed E-state index contributed by atoms with van der Waals surface area (Å²) >= 11 is 0. The largest absolute Gasteiger partial charge is 0.371 e. The fourth-order valence-electron chi connectivity index (χ4n) is 1.91. The molecule has 0 amide bonds. The number of rotatable bonds is 1. The summed E-state index contributed by atoms with van der Waals surface area (Å²) in [5.41, 5.74) is 1.81. The van der Waals surface area contributed by atoms with Gasteiger partial charge in [0.1, 0.15) is 11.6 Å². The zero-order valence-corrected chi connectivity index (χ0v) is 8.79. The number of Topliss-reactive ketones (excluding diaryl/α,β-unsaturated/α-hetero) is 1. The lowest BCUT2D eigenvalue weighted by Crippen LogP contribution is -2.33. The minimum Gasteiger partial charge on any atom is -0.371 e. The van der Waals surface area contributed by atoms with E-state index >= 15 is 0 Å². The number of anilines is 1. The molecular formula is C12H14FNO. The molecule has 0 unspecified atom stereocenters. The quantitative estimate of drug-likeness (QED) is 0.704. The van der Waals surface area contributed by atoms with Gasteiger partial charge >= 0.3 is 0 Å². The van der Waals surface area contributed by atoms with Gasteiger partial charge in [0.2, 0.25) is 0 Å². The number of benzene rings is 1. The molecule has 0 aliphatic carbocycles. The van der Waals surface area contributed by atoms with E-state index in [1.165, 1.54) is 12.1 Å². The maximum atomic E-state index is 13.2. The molecule has 0 saturated carbocycles. The fraction of sp³-hybridized carbons (Fsp3) is 0.417. The summed E-state index contributed by atoms with van der Waals surface area (Å²) in [5.74, 6) is 0.0984. The molecular weight excluding hydrogens is 193 g/mol. The van der Waals surface area contributed by atoms with E-state index in [-0.39, 0.29) is 5.82 Å². The molecule has 0 aromatic heterocycles. The minimum atomic E-state index is -0.207. The molecule has 0 N–H and O–H groups in total. The van der Waals surface area contributed by atoms with Gasteiger partial charge in [-0.05, 0) is 30.7 Å². The second kappa shape index (κ2) is 4.01. The van der Waals surface area contributed by atoms with Crippen LogP contribution in [0.5, 0.6) is 0 Å². The lowest BCUT2D eigenvalue weighted by Gasteiger charge is -2.28. The first kappa shape index (κ1) is 10.1. The number of piperidine rings is 1. The van der Waals surface area contributed by atoms with E-state index in [2.05, 4.69) is 4.90 Å². The van der Waals surface area contributed by atoms with Crippen molar-refractivity contribution in [3.63, 3.8) is 0 Å². The molecule has 0 atom stereocenters. The monoisotopic (exact) mass is 207 g/mol. The van der Waals surface area contributed by atoms with Crippen LogP contribution in [0, 0.1) is 12.7 Å². The molecule has 1 saturated heterocycles. The van der Waals surface area contributed by atoms with Gasteiger partial charge in [-0.15, -0.1) is 0 Å². The summed E-state index contributed by atoms with van der Waals surface area (Å²) in [7, 11) is 0. The van der Waals surface area contributed by atoms with Crippen molar-refractivity contribution in [2.75, 3.05) is 18.0 Å². The van der Waals surface area contributed by atoms with Gasteiger partial charge in [0.15, 0.2) is 0 Å². The summed E-state index contributed by atoms with van der Waals surface area (Å²) in [5, 5.41) is 0. The first-order valence-corrected chi connectivity index (χ1v) is 5.19. The van der Waals surface area contributed by atoms with Crippen LogP contribution in [0.15, 0.2) is 18.2 Å². The SMILES string of the molecule is Cc1cc(F)cc(N2CCC(=O)CC2)c1. The number of nitrogens with zero attached hydrogens (tertiary/aromatic N) is 1. The standard InChI is InChI=1S/C12H14FNO/c1-9-6-10(13)8-11(7-9)14-4-2-12(15)3-5-14/h6-8H,2-5H2,1H3. The molecule has 1 heterocycles. The van der Waals surface area contributed by atoms with Crippen molar-refractivity contribution in [2.45, 2.75) is 19.8 Å². The van der Waals surface area contributed by atoms with Crippen molar-refractivity contribution in [3.8, 4) is 0 Å². The summed E-state index contributed by atoms with van der Waals surface area (Å²) in [6.45, 7) is 3.30. The molecule has 0 radical (unpaired) electrons. The van der Waals surface area contributed by atoms with Gasteiger partial charge in [-0.2, -0.15) is 0 Å². The van der Waals surface area contributed by atoms with Crippen LogP contribution in [0.25, 0.3) is 0 Å². The maximum Gasteiger partial charge on any atom is 0.136 e. The van der Waals surface area contributed by atoms with Crippen molar-refractivity contribution in [3.05, 3.63) is 29.6 Å². The van der Waals surface area contributed by atoms with Gasteiger partial charge in [-0.1, -0.05) is 0 Å². The smallest absolute Gasteiger partial charge is 0.136 e. The van der Waals surface area contributed by atoms with Crippen LogP contribution >= 0.6 is 0 Å². The Morgan fingerprint density at radius 3 is 2.47 bits per heavy atom. The Hall–Kier alpha value is -1.38. The van der Waals surface area contributed by atoms with Crippen molar-refractivity contribution >= 4 is 11.5 Å². The summed E-state index contributed by atoms with van der Waals surface area (Å²) in [4.78, 5) is 13.1. The first-order chi connectivity index (χ1) is 7.15. The van der Waals surface area contributed by atoms with Crippen molar-refractivity contribution in [2.24, 2.45) is 0 Å². The second-order valence-corrected chi connectivity index (χ2v) is 4.01. The van der Waals surface area contributed by atoms with Crippen LogP contribution in [-0.4, -0.2) is 18.9 Å². The molecule has 1 aliphatic heterocycles. The number of carbonyl (C=O) groups is 1. The van der Waals surface area contributed by atoms with Gasteiger partial charge in [0.25, 0.3) is 0 Å². The third kappa shape index (κ3) is 2.35. The van der Waals surface area contributed by atoms with Crippen molar-refractivity contribution in [1.82, 2.24) is 0 Å². The highest BCUT2D eigenvalue weighted by molar-refractivity contribution is 5.81. The molecule has 1 fully saturated rings. The maximum absolute atomic E-state index is 13.2. The van der Waals surface area contributed by atoms with Crippen LogP contribution < -0.4 is 4.90 Å². The van der Waals surface area contributed by atoms with Gasteiger partial charge < -0.3 is 4.90 Å². The van der Waals surface area contributed by atoms with Gasteiger partial charge in [-0.25, -0.2) is 4.39 Å². The lowest BCUT2D eigenvalue weighted by atomic mass is 10.1. The van der Waals surface area contributed by atoms with Crippen molar-refractivity contribution < 1.29 is 9.18 Å². The van der Waals surface area contributed by atoms with Crippen molar-refractivity contribution in [1.29, 1.82) is 0 Å². The average molecular weight is 207 g/mol. The lowest BCUT2D eigenvalue weighted by molar-refractivity contribution is -0.119. The molecule has 2 nitrogen and oxygen atoms in total. The molecule has 1 aromatic carbocycles. The van der Waals surface area contributed by atoms with Crippen LogP contribution in [0.2, 0.25) is 0 Å². The third-order valence-corrected chi connectivity index (χ3v) is 2.71. The van der Waals surface area contributed by atoms with E-state index < -0.39 is 0 Å². The number of ketones is 1. The molecule has 1 aliphatic rings. The molecule has 2 rings (SSSR count). The van der Waals surface area contributed by atoms with Gasteiger partial charge in [0.05, 0.1) is 0 Å². The summed E-state index contributed by atoms with van der Waals surface area (Å²) < 4.78 is 13.2. The zero-order valence-electron chi connectivity index (χ0n) is 8.79. The highest BCUT2D eigenvalue weighted by Gasteiger charge is 2.16. The van der Waals surface area contributed by atoms with Crippen LogP contribution in [0.3, 0.4) is 0 Å². The van der Waals surface area contributed by atoms with E-state index in [0.29, 0.717) is 31.7 Å². The summed E-state index contributed by atoms with van der Waals surface area (Å²) in [6.07, 6.45) is 1.16. The Balaban J connectivity index is 2.18. The second-order valence-electron chi connectivity index (χ2n) is 4.01. The Morgan fingerprint density at radius 2 is 1.87 bits per heavy atom.